The first-order chi connectivity index (χ1) is 14.2. The van der Waals surface area contributed by atoms with E-state index >= 15 is 0 Å². The van der Waals surface area contributed by atoms with E-state index in [-0.39, 0.29) is 18.1 Å². The molecule has 0 aromatic carbocycles. The van der Waals surface area contributed by atoms with Gasteiger partial charge in [0.2, 0.25) is 11.9 Å². The summed E-state index contributed by atoms with van der Waals surface area (Å²) < 4.78 is 15.7. The van der Waals surface area contributed by atoms with Crippen LogP contribution in [-0.4, -0.2) is 91.6 Å². The molecule has 11 heteroatoms. The van der Waals surface area contributed by atoms with E-state index in [4.69, 9.17) is 19.2 Å². The Morgan fingerprint density at radius 1 is 0.966 bits per heavy atom. The Morgan fingerprint density at radius 2 is 1.69 bits per heavy atom. The van der Waals surface area contributed by atoms with Crippen LogP contribution in [0.1, 0.15) is 6.42 Å². The van der Waals surface area contributed by atoms with Gasteiger partial charge in [-0.2, -0.15) is 15.0 Å². The van der Waals surface area contributed by atoms with Crippen molar-refractivity contribution in [2.75, 3.05) is 75.4 Å². The molecule has 0 radical (unpaired) electrons. The molecule has 2 aliphatic heterocycles. The summed E-state index contributed by atoms with van der Waals surface area (Å²) in [4.78, 5) is 28.5. The van der Waals surface area contributed by atoms with Crippen LogP contribution >= 0.6 is 0 Å². The second-order valence-electron chi connectivity index (χ2n) is 6.92. The molecule has 0 saturated carbocycles. The van der Waals surface area contributed by atoms with Crippen LogP contribution in [0, 0.1) is 0 Å². The van der Waals surface area contributed by atoms with Gasteiger partial charge in [0.05, 0.1) is 27.4 Å². The molecule has 4 rings (SSSR count). The second-order valence-corrected chi connectivity index (χ2v) is 6.92. The zero-order chi connectivity index (χ0) is 20.2. The Kier molecular flexibility index (Phi) is 5.74. The SMILES string of the molecule is COc1nc(OC)nc(N2CCC(N(C)c3ccnc(N4CCOCC4)n3)C2)n1. The molecule has 29 heavy (non-hydrogen) atoms. The molecule has 2 saturated heterocycles. The van der Waals surface area contributed by atoms with Gasteiger partial charge in [-0.3, -0.25) is 0 Å². The zero-order valence-electron chi connectivity index (χ0n) is 17.0. The van der Waals surface area contributed by atoms with Gasteiger partial charge in [0.25, 0.3) is 0 Å². The molecule has 0 bridgehead atoms. The topological polar surface area (TPSA) is 102 Å². The predicted molar refractivity (Wildman–Crippen MR) is 107 cm³/mol. The fourth-order valence-electron chi connectivity index (χ4n) is 3.53. The van der Waals surface area contributed by atoms with Crippen molar-refractivity contribution in [1.29, 1.82) is 0 Å². The van der Waals surface area contributed by atoms with Crippen molar-refractivity contribution in [3.05, 3.63) is 12.3 Å². The first-order valence-corrected chi connectivity index (χ1v) is 9.65. The van der Waals surface area contributed by atoms with Gasteiger partial charge in [-0.05, 0) is 12.5 Å². The minimum absolute atomic E-state index is 0.245. The Hall–Kier alpha value is -2.95. The molecular formula is C18H26N8O3. The largest absolute Gasteiger partial charge is 0.467 e. The second kappa shape index (κ2) is 8.60. The van der Waals surface area contributed by atoms with Crippen LogP contribution < -0.4 is 24.2 Å². The summed E-state index contributed by atoms with van der Waals surface area (Å²) >= 11 is 0. The predicted octanol–water partition coefficient (Wildman–Crippen LogP) is 0.231. The van der Waals surface area contributed by atoms with Crippen LogP contribution in [0.15, 0.2) is 12.3 Å². The minimum Gasteiger partial charge on any atom is -0.467 e. The van der Waals surface area contributed by atoms with E-state index < -0.39 is 0 Å². The number of ether oxygens (including phenoxy) is 3. The van der Waals surface area contributed by atoms with Crippen molar-refractivity contribution in [3.63, 3.8) is 0 Å². The van der Waals surface area contributed by atoms with Crippen molar-refractivity contribution in [1.82, 2.24) is 24.9 Å². The highest BCUT2D eigenvalue weighted by atomic mass is 16.5. The van der Waals surface area contributed by atoms with Gasteiger partial charge in [-0.15, -0.1) is 4.98 Å². The number of hydrogen-bond donors (Lipinski definition) is 0. The average molecular weight is 402 g/mol. The van der Waals surface area contributed by atoms with E-state index in [0.29, 0.717) is 19.2 Å². The molecule has 4 heterocycles. The summed E-state index contributed by atoms with van der Waals surface area (Å²) in [5, 5.41) is 0. The Bertz CT molecular complexity index is 810. The lowest BCUT2D eigenvalue weighted by Gasteiger charge is -2.29. The fraction of sp³-hybridized carbons (Fsp3) is 0.611. The van der Waals surface area contributed by atoms with Crippen LogP contribution in [0.3, 0.4) is 0 Å². The molecule has 0 aliphatic carbocycles. The molecule has 2 aliphatic rings. The molecular weight excluding hydrogens is 376 g/mol. The molecule has 2 aromatic rings. The highest BCUT2D eigenvalue weighted by molar-refractivity contribution is 5.46. The van der Waals surface area contributed by atoms with Crippen molar-refractivity contribution < 1.29 is 14.2 Å². The number of likely N-dealkylation sites (N-methyl/N-ethyl adjacent to an activating group) is 1. The molecule has 11 nitrogen and oxygen atoms in total. The normalized spacial score (nSPS) is 19.3. The molecule has 1 atom stereocenters. The summed E-state index contributed by atoms with van der Waals surface area (Å²) in [5.41, 5.74) is 0. The summed E-state index contributed by atoms with van der Waals surface area (Å²) in [6.07, 6.45) is 2.78. The fourth-order valence-corrected chi connectivity index (χ4v) is 3.53. The Labute approximate surface area is 169 Å². The zero-order valence-corrected chi connectivity index (χ0v) is 17.0. The third kappa shape index (κ3) is 4.24. The van der Waals surface area contributed by atoms with Crippen LogP contribution in [0.4, 0.5) is 17.7 Å². The number of hydrogen-bond acceptors (Lipinski definition) is 11. The highest BCUT2D eigenvalue weighted by Crippen LogP contribution is 2.25. The lowest BCUT2D eigenvalue weighted by Crippen LogP contribution is -2.38. The van der Waals surface area contributed by atoms with Crippen LogP contribution in [0.2, 0.25) is 0 Å². The summed E-state index contributed by atoms with van der Waals surface area (Å²) in [6, 6.07) is 2.71. The minimum atomic E-state index is 0.245. The maximum absolute atomic E-state index is 5.42. The molecule has 0 amide bonds. The molecule has 0 spiro atoms. The van der Waals surface area contributed by atoms with Gasteiger partial charge >= 0.3 is 12.0 Å². The van der Waals surface area contributed by atoms with Crippen LogP contribution in [-0.2, 0) is 4.74 Å². The highest BCUT2D eigenvalue weighted by Gasteiger charge is 2.29. The van der Waals surface area contributed by atoms with Gasteiger partial charge in [-0.1, -0.05) is 0 Å². The van der Waals surface area contributed by atoms with Crippen LogP contribution in [0.25, 0.3) is 0 Å². The molecule has 2 aromatic heterocycles. The number of anilines is 3. The molecule has 1 unspecified atom stereocenters. The lowest BCUT2D eigenvalue weighted by atomic mass is 10.2. The average Bonchev–Trinajstić information content (AvgIpc) is 3.29. The maximum Gasteiger partial charge on any atom is 0.324 e. The third-order valence-electron chi connectivity index (χ3n) is 5.23. The van der Waals surface area contributed by atoms with Gasteiger partial charge < -0.3 is 28.9 Å². The number of morpholine rings is 1. The van der Waals surface area contributed by atoms with Gasteiger partial charge in [0, 0.05) is 45.5 Å². The van der Waals surface area contributed by atoms with Crippen molar-refractivity contribution in [3.8, 4) is 12.0 Å². The van der Waals surface area contributed by atoms with E-state index in [1.807, 2.05) is 12.3 Å². The summed E-state index contributed by atoms with van der Waals surface area (Å²) in [6.45, 7) is 4.64. The van der Waals surface area contributed by atoms with Crippen molar-refractivity contribution in [2.45, 2.75) is 12.5 Å². The van der Waals surface area contributed by atoms with E-state index in [2.05, 4.69) is 41.7 Å². The first-order valence-electron chi connectivity index (χ1n) is 9.65. The first kappa shape index (κ1) is 19.4. The standard InChI is InChI=1S/C18H26N8O3/c1-24(14-4-6-19-15(20-14)25-8-10-29-11-9-25)13-5-7-26(12-13)16-21-17(27-2)23-18(22-16)28-3/h4,6,13H,5,7-12H2,1-3H3. The smallest absolute Gasteiger partial charge is 0.324 e. The number of nitrogens with zero attached hydrogens (tertiary/aromatic N) is 8. The Balaban J connectivity index is 1.46. The molecule has 0 N–H and O–H groups in total. The number of aromatic nitrogens is 5. The van der Waals surface area contributed by atoms with Gasteiger partial charge in [-0.25, -0.2) is 4.98 Å². The van der Waals surface area contributed by atoms with Gasteiger partial charge in [0.1, 0.15) is 5.82 Å². The monoisotopic (exact) mass is 402 g/mol. The van der Waals surface area contributed by atoms with E-state index in [9.17, 15) is 0 Å². The molecule has 156 valence electrons. The quantitative estimate of drug-likeness (QED) is 0.663. The maximum atomic E-state index is 5.42. The van der Waals surface area contributed by atoms with E-state index in [1.54, 1.807) is 0 Å². The summed E-state index contributed by atoms with van der Waals surface area (Å²) in [5.74, 6) is 2.21. The van der Waals surface area contributed by atoms with Crippen LogP contribution in [0.5, 0.6) is 12.0 Å². The molecule has 2 fully saturated rings. The lowest BCUT2D eigenvalue weighted by molar-refractivity contribution is 0.122. The van der Waals surface area contributed by atoms with E-state index in [1.165, 1.54) is 14.2 Å². The number of methoxy groups -OCH3 is 2. The Morgan fingerprint density at radius 3 is 2.38 bits per heavy atom. The third-order valence-corrected chi connectivity index (χ3v) is 5.23. The van der Waals surface area contributed by atoms with Gasteiger partial charge in [0.15, 0.2) is 0 Å². The van der Waals surface area contributed by atoms with E-state index in [0.717, 1.165) is 44.4 Å². The summed E-state index contributed by atoms with van der Waals surface area (Å²) in [7, 11) is 5.12. The van der Waals surface area contributed by atoms with Crippen molar-refractivity contribution in [2.24, 2.45) is 0 Å². The van der Waals surface area contributed by atoms with Crippen molar-refractivity contribution >= 4 is 17.7 Å². The number of rotatable bonds is 6.